The number of H-pyrrole nitrogens is 1. The first-order valence-electron chi connectivity index (χ1n) is 5.35. The van der Waals surface area contributed by atoms with Crippen molar-refractivity contribution < 1.29 is 23.4 Å². The van der Waals surface area contributed by atoms with E-state index in [9.17, 15) is 18.4 Å². The van der Waals surface area contributed by atoms with Crippen LogP contribution in [0, 0.1) is 18.6 Å². The SMILES string of the molecule is Cc1cc(Oc2c(F)cc(C(=O)O)cc2F)c(=O)[nH]n1. The molecule has 6 nitrogen and oxygen atoms in total. The molecule has 2 N–H and O–H groups in total. The largest absolute Gasteiger partial charge is 0.478 e. The van der Waals surface area contributed by atoms with Crippen molar-refractivity contribution >= 4 is 5.97 Å². The maximum Gasteiger partial charge on any atom is 0.335 e. The summed E-state index contributed by atoms with van der Waals surface area (Å²) < 4.78 is 32.1. The number of carboxylic acids is 1. The second-order valence-corrected chi connectivity index (χ2v) is 3.88. The average molecular weight is 282 g/mol. The zero-order valence-electron chi connectivity index (χ0n) is 10.1. The number of carboxylic acid groups (broad SMARTS) is 1. The topological polar surface area (TPSA) is 92.3 Å². The van der Waals surface area contributed by atoms with E-state index in [1.54, 1.807) is 6.92 Å². The summed E-state index contributed by atoms with van der Waals surface area (Å²) in [5.74, 6) is -5.14. The number of hydrogen-bond acceptors (Lipinski definition) is 4. The Morgan fingerprint density at radius 1 is 1.30 bits per heavy atom. The van der Waals surface area contributed by atoms with E-state index in [4.69, 9.17) is 9.84 Å². The first-order chi connectivity index (χ1) is 9.38. The lowest BCUT2D eigenvalue weighted by atomic mass is 10.2. The number of nitrogens with zero attached hydrogens (tertiary/aromatic N) is 1. The molecule has 0 bridgehead atoms. The molecule has 2 aromatic rings. The lowest BCUT2D eigenvalue weighted by molar-refractivity contribution is 0.0695. The highest BCUT2D eigenvalue weighted by Gasteiger charge is 2.18. The molecule has 2 rings (SSSR count). The van der Waals surface area contributed by atoms with Crippen LogP contribution < -0.4 is 10.3 Å². The summed E-state index contributed by atoms with van der Waals surface area (Å²) in [7, 11) is 0. The van der Waals surface area contributed by atoms with E-state index in [-0.39, 0.29) is 5.75 Å². The third kappa shape index (κ3) is 2.63. The van der Waals surface area contributed by atoms with Crippen molar-refractivity contribution in [2.45, 2.75) is 6.92 Å². The highest BCUT2D eigenvalue weighted by atomic mass is 19.1. The smallest absolute Gasteiger partial charge is 0.335 e. The van der Waals surface area contributed by atoms with Gasteiger partial charge >= 0.3 is 11.5 Å². The molecule has 20 heavy (non-hydrogen) atoms. The van der Waals surface area contributed by atoms with Gasteiger partial charge in [-0.25, -0.2) is 18.7 Å². The highest BCUT2D eigenvalue weighted by Crippen LogP contribution is 2.27. The lowest BCUT2D eigenvalue weighted by Crippen LogP contribution is -2.12. The number of ether oxygens (including phenoxy) is 1. The van der Waals surface area contributed by atoms with Gasteiger partial charge in [-0.1, -0.05) is 0 Å². The molecule has 0 aliphatic carbocycles. The lowest BCUT2D eigenvalue weighted by Gasteiger charge is -2.08. The number of aromatic carboxylic acids is 1. The van der Waals surface area contributed by atoms with Crippen LogP contribution in [0.5, 0.6) is 11.5 Å². The number of rotatable bonds is 3. The van der Waals surface area contributed by atoms with Crippen molar-refractivity contribution in [3.05, 3.63) is 51.4 Å². The quantitative estimate of drug-likeness (QED) is 0.896. The maximum atomic E-state index is 13.6. The number of aromatic amines is 1. The van der Waals surface area contributed by atoms with Crippen LogP contribution in [0.2, 0.25) is 0 Å². The van der Waals surface area contributed by atoms with Crippen molar-refractivity contribution in [1.82, 2.24) is 10.2 Å². The Labute approximate surface area is 110 Å². The molecule has 1 heterocycles. The standard InChI is InChI=1S/C12H8F2N2O4/c1-5-2-9(11(17)16-15-5)20-10-7(13)3-6(12(18)19)4-8(10)14/h2-4H,1H3,(H,16,17)(H,18,19). The predicted octanol–water partition coefficient (Wildman–Crippen LogP) is 1.85. The minimum atomic E-state index is -1.48. The second-order valence-electron chi connectivity index (χ2n) is 3.88. The third-order valence-corrected chi connectivity index (χ3v) is 2.35. The summed E-state index contributed by atoms with van der Waals surface area (Å²) in [6.07, 6.45) is 0. The minimum absolute atomic E-state index is 0.349. The normalized spacial score (nSPS) is 10.3. The van der Waals surface area contributed by atoms with E-state index in [2.05, 4.69) is 10.2 Å². The molecule has 0 aliphatic heterocycles. The molecule has 0 aliphatic rings. The molecule has 8 heteroatoms. The van der Waals surface area contributed by atoms with Crippen molar-refractivity contribution in [3.8, 4) is 11.5 Å². The Hall–Kier alpha value is -2.77. The van der Waals surface area contributed by atoms with Gasteiger partial charge in [-0.2, -0.15) is 5.10 Å². The van der Waals surface area contributed by atoms with Gasteiger partial charge in [0.15, 0.2) is 23.1 Å². The summed E-state index contributed by atoms with van der Waals surface area (Å²) in [5, 5.41) is 14.3. The van der Waals surface area contributed by atoms with Gasteiger partial charge in [0.1, 0.15) is 0 Å². The number of nitrogens with one attached hydrogen (secondary N) is 1. The van der Waals surface area contributed by atoms with Crippen LogP contribution in [-0.4, -0.2) is 21.3 Å². The third-order valence-electron chi connectivity index (χ3n) is 2.35. The first-order valence-corrected chi connectivity index (χ1v) is 5.35. The molecule has 0 amide bonds. The van der Waals surface area contributed by atoms with Crippen LogP contribution in [-0.2, 0) is 0 Å². The first kappa shape index (κ1) is 13.7. The Morgan fingerprint density at radius 2 is 1.90 bits per heavy atom. The number of carbonyl (C=O) groups is 1. The molecule has 0 radical (unpaired) electrons. The number of benzene rings is 1. The van der Waals surface area contributed by atoms with E-state index in [0.29, 0.717) is 17.8 Å². The van der Waals surface area contributed by atoms with Crippen molar-refractivity contribution in [2.75, 3.05) is 0 Å². The van der Waals surface area contributed by atoms with Crippen LogP contribution in [0.1, 0.15) is 16.1 Å². The average Bonchev–Trinajstić information content (AvgIpc) is 2.37. The van der Waals surface area contributed by atoms with Gasteiger partial charge < -0.3 is 9.84 Å². The summed E-state index contributed by atoms with van der Waals surface area (Å²) in [6.45, 7) is 1.54. The van der Waals surface area contributed by atoms with Gasteiger partial charge in [0.05, 0.1) is 11.3 Å². The van der Waals surface area contributed by atoms with E-state index in [1.165, 1.54) is 6.07 Å². The zero-order valence-corrected chi connectivity index (χ0v) is 10.1. The number of aromatic nitrogens is 2. The van der Waals surface area contributed by atoms with Gasteiger partial charge in [-0.3, -0.25) is 4.79 Å². The van der Waals surface area contributed by atoms with Crippen LogP contribution in [0.4, 0.5) is 8.78 Å². The molecule has 1 aromatic heterocycles. The molecule has 0 saturated heterocycles. The van der Waals surface area contributed by atoms with Crippen LogP contribution >= 0.6 is 0 Å². The Bertz CT molecular complexity index is 719. The van der Waals surface area contributed by atoms with E-state index < -0.39 is 34.5 Å². The van der Waals surface area contributed by atoms with Crippen LogP contribution in [0.15, 0.2) is 23.0 Å². The Balaban J connectivity index is 2.46. The van der Waals surface area contributed by atoms with Gasteiger partial charge in [0.2, 0.25) is 0 Å². The van der Waals surface area contributed by atoms with Gasteiger partial charge in [-0.15, -0.1) is 0 Å². The molecular formula is C12H8F2N2O4. The molecule has 0 fully saturated rings. The molecule has 0 unspecified atom stereocenters. The zero-order chi connectivity index (χ0) is 14.9. The second kappa shape index (κ2) is 5.08. The maximum absolute atomic E-state index is 13.6. The van der Waals surface area contributed by atoms with Crippen molar-refractivity contribution in [3.63, 3.8) is 0 Å². The fourth-order valence-electron chi connectivity index (χ4n) is 1.45. The minimum Gasteiger partial charge on any atom is -0.478 e. The fourth-order valence-corrected chi connectivity index (χ4v) is 1.45. The summed E-state index contributed by atoms with van der Waals surface area (Å²) in [5.41, 5.74) is -0.952. The van der Waals surface area contributed by atoms with E-state index in [0.717, 1.165) is 0 Å². The summed E-state index contributed by atoms with van der Waals surface area (Å²) >= 11 is 0. The van der Waals surface area contributed by atoms with Crippen LogP contribution in [0.25, 0.3) is 0 Å². The summed E-state index contributed by atoms with van der Waals surface area (Å²) in [6, 6.07) is 2.40. The Kier molecular flexibility index (Phi) is 3.47. The van der Waals surface area contributed by atoms with E-state index in [1.807, 2.05) is 0 Å². The van der Waals surface area contributed by atoms with Crippen LogP contribution in [0.3, 0.4) is 0 Å². The number of hydrogen-bond donors (Lipinski definition) is 2. The van der Waals surface area contributed by atoms with E-state index >= 15 is 0 Å². The van der Waals surface area contributed by atoms with Crippen molar-refractivity contribution in [2.24, 2.45) is 0 Å². The molecule has 1 aromatic carbocycles. The van der Waals surface area contributed by atoms with Gasteiger partial charge in [0, 0.05) is 6.07 Å². The number of halogens is 2. The molecule has 0 spiro atoms. The molecular weight excluding hydrogens is 274 g/mol. The van der Waals surface area contributed by atoms with Crippen molar-refractivity contribution in [1.29, 1.82) is 0 Å². The monoisotopic (exact) mass is 282 g/mol. The molecule has 0 atom stereocenters. The van der Waals surface area contributed by atoms with Gasteiger partial charge in [-0.05, 0) is 19.1 Å². The highest BCUT2D eigenvalue weighted by molar-refractivity contribution is 5.87. The predicted molar refractivity (Wildman–Crippen MR) is 63.0 cm³/mol. The Morgan fingerprint density at radius 3 is 2.45 bits per heavy atom. The van der Waals surface area contributed by atoms with Gasteiger partial charge in [0.25, 0.3) is 0 Å². The summed E-state index contributed by atoms with van der Waals surface area (Å²) in [4.78, 5) is 22.0. The molecule has 104 valence electrons. The molecule has 0 saturated carbocycles. The fraction of sp³-hybridized carbons (Fsp3) is 0.0833. The number of aryl methyl sites for hydroxylation is 1.